The predicted molar refractivity (Wildman–Crippen MR) is 64.6 cm³/mol. The van der Waals surface area contributed by atoms with Gasteiger partial charge in [0.1, 0.15) is 0 Å². The van der Waals surface area contributed by atoms with Gasteiger partial charge in [0.25, 0.3) is 0 Å². The van der Waals surface area contributed by atoms with Crippen molar-refractivity contribution in [2.45, 2.75) is 39.7 Å². The molecule has 1 aromatic heterocycles. The monoisotopic (exact) mass is 229 g/mol. The Balaban J connectivity index is 2.65. The van der Waals surface area contributed by atoms with E-state index in [9.17, 15) is 0 Å². The molecule has 0 fully saturated rings. The summed E-state index contributed by atoms with van der Waals surface area (Å²) < 4.78 is 2.04. The summed E-state index contributed by atoms with van der Waals surface area (Å²) in [5, 5.41) is 8.40. The molecule has 86 valence electrons. The van der Waals surface area contributed by atoms with E-state index in [-0.39, 0.29) is 0 Å². The third-order valence-corrected chi connectivity index (χ3v) is 3.25. The van der Waals surface area contributed by atoms with Crippen LogP contribution in [0.4, 0.5) is 0 Å². The highest BCUT2D eigenvalue weighted by atomic mass is 35.5. The zero-order valence-electron chi connectivity index (χ0n) is 9.97. The highest BCUT2D eigenvalue weighted by Gasteiger charge is 2.13. The average molecular weight is 230 g/mol. The highest BCUT2D eigenvalue weighted by Crippen LogP contribution is 2.23. The van der Waals surface area contributed by atoms with Crippen LogP contribution in [0.1, 0.15) is 37.2 Å². The third kappa shape index (κ3) is 2.95. The molecule has 0 saturated carbocycles. The van der Waals surface area contributed by atoms with Gasteiger partial charge in [-0.3, -0.25) is 4.68 Å². The summed E-state index contributed by atoms with van der Waals surface area (Å²) in [4.78, 5) is 0. The van der Waals surface area contributed by atoms with Crippen LogP contribution in [0.25, 0.3) is 0 Å². The SMILES string of the molecule is CNCCCC(C)n1nc(C)c(Cl)c1C. The zero-order chi connectivity index (χ0) is 11.4. The van der Waals surface area contributed by atoms with Crippen LogP contribution in [0.3, 0.4) is 0 Å². The highest BCUT2D eigenvalue weighted by molar-refractivity contribution is 6.31. The maximum absolute atomic E-state index is 6.11. The molecule has 1 aromatic rings. The summed E-state index contributed by atoms with van der Waals surface area (Å²) >= 11 is 6.11. The van der Waals surface area contributed by atoms with E-state index >= 15 is 0 Å². The van der Waals surface area contributed by atoms with Crippen molar-refractivity contribution in [1.82, 2.24) is 15.1 Å². The molecule has 3 nitrogen and oxygen atoms in total. The van der Waals surface area contributed by atoms with E-state index in [1.807, 2.05) is 25.6 Å². The van der Waals surface area contributed by atoms with E-state index in [1.54, 1.807) is 0 Å². The molecule has 4 heteroatoms. The van der Waals surface area contributed by atoms with Crippen LogP contribution in [0.5, 0.6) is 0 Å². The van der Waals surface area contributed by atoms with E-state index in [0.29, 0.717) is 6.04 Å². The smallest absolute Gasteiger partial charge is 0.0844 e. The van der Waals surface area contributed by atoms with Gasteiger partial charge in [-0.05, 0) is 47.2 Å². The van der Waals surface area contributed by atoms with Crippen molar-refractivity contribution < 1.29 is 0 Å². The van der Waals surface area contributed by atoms with Gasteiger partial charge < -0.3 is 5.32 Å². The number of halogens is 1. The second kappa shape index (κ2) is 5.52. The lowest BCUT2D eigenvalue weighted by atomic mass is 10.2. The Hall–Kier alpha value is -0.540. The molecule has 1 heterocycles. The van der Waals surface area contributed by atoms with Crippen LogP contribution < -0.4 is 5.32 Å². The van der Waals surface area contributed by atoms with Crippen LogP contribution in [0, 0.1) is 13.8 Å². The summed E-state index contributed by atoms with van der Waals surface area (Å²) in [5.41, 5.74) is 2.00. The van der Waals surface area contributed by atoms with Crippen molar-refractivity contribution in [3.8, 4) is 0 Å². The van der Waals surface area contributed by atoms with Gasteiger partial charge in [-0.15, -0.1) is 0 Å². The van der Waals surface area contributed by atoms with Gasteiger partial charge in [-0.1, -0.05) is 11.6 Å². The van der Waals surface area contributed by atoms with Crippen molar-refractivity contribution in [3.05, 3.63) is 16.4 Å². The van der Waals surface area contributed by atoms with Gasteiger partial charge in [0.15, 0.2) is 0 Å². The summed E-state index contributed by atoms with van der Waals surface area (Å²) in [5.74, 6) is 0. The lowest BCUT2D eigenvalue weighted by Gasteiger charge is -2.13. The molecule has 1 N–H and O–H groups in total. The Bertz CT molecular complexity index is 320. The first kappa shape index (κ1) is 12.5. The summed E-state index contributed by atoms with van der Waals surface area (Å²) in [7, 11) is 1.98. The lowest BCUT2D eigenvalue weighted by molar-refractivity contribution is 0.433. The first-order valence-corrected chi connectivity index (χ1v) is 5.81. The number of nitrogens with zero attached hydrogens (tertiary/aromatic N) is 2. The van der Waals surface area contributed by atoms with Gasteiger partial charge in [-0.2, -0.15) is 5.10 Å². The maximum Gasteiger partial charge on any atom is 0.0844 e. The quantitative estimate of drug-likeness (QED) is 0.787. The minimum Gasteiger partial charge on any atom is -0.320 e. The van der Waals surface area contributed by atoms with E-state index < -0.39 is 0 Å². The van der Waals surface area contributed by atoms with Crippen LogP contribution in [0.2, 0.25) is 5.02 Å². The van der Waals surface area contributed by atoms with Crippen LogP contribution in [0.15, 0.2) is 0 Å². The lowest BCUT2D eigenvalue weighted by Crippen LogP contribution is -2.13. The van der Waals surface area contributed by atoms with Crippen molar-refractivity contribution in [1.29, 1.82) is 0 Å². The average Bonchev–Trinajstić information content (AvgIpc) is 2.46. The van der Waals surface area contributed by atoms with E-state index in [4.69, 9.17) is 11.6 Å². The molecule has 0 aliphatic heterocycles. The molecule has 0 radical (unpaired) electrons. The Morgan fingerprint density at radius 3 is 2.60 bits per heavy atom. The largest absolute Gasteiger partial charge is 0.320 e. The third-order valence-electron chi connectivity index (χ3n) is 2.70. The minimum atomic E-state index is 0.421. The van der Waals surface area contributed by atoms with Crippen molar-refractivity contribution >= 4 is 11.6 Å². The first-order chi connectivity index (χ1) is 7.07. The molecule has 1 unspecified atom stereocenters. The number of aryl methyl sites for hydroxylation is 1. The molecule has 1 rings (SSSR count). The normalized spacial score (nSPS) is 13.1. The summed E-state index contributed by atoms with van der Waals surface area (Å²) in [6.45, 7) is 7.21. The number of hydrogen-bond donors (Lipinski definition) is 1. The van der Waals surface area contributed by atoms with Gasteiger partial charge in [0.2, 0.25) is 0 Å². The van der Waals surface area contributed by atoms with Crippen LogP contribution >= 0.6 is 11.6 Å². The fourth-order valence-electron chi connectivity index (χ4n) is 1.77. The van der Waals surface area contributed by atoms with Crippen molar-refractivity contribution in [3.63, 3.8) is 0 Å². The topological polar surface area (TPSA) is 29.9 Å². The molecule has 0 aromatic carbocycles. The molecule has 1 atom stereocenters. The van der Waals surface area contributed by atoms with Crippen LogP contribution in [-0.2, 0) is 0 Å². The second-order valence-electron chi connectivity index (χ2n) is 4.02. The number of hydrogen-bond acceptors (Lipinski definition) is 2. The standard InChI is InChI=1S/C11H20ClN3/c1-8(6-5-7-13-4)15-10(3)11(12)9(2)14-15/h8,13H,5-7H2,1-4H3. The Morgan fingerprint density at radius 1 is 1.47 bits per heavy atom. The molecular weight excluding hydrogens is 210 g/mol. The Morgan fingerprint density at radius 2 is 2.13 bits per heavy atom. The zero-order valence-corrected chi connectivity index (χ0v) is 10.7. The van der Waals surface area contributed by atoms with E-state index in [2.05, 4.69) is 17.3 Å². The molecule has 0 spiro atoms. The maximum atomic E-state index is 6.11. The molecule has 15 heavy (non-hydrogen) atoms. The van der Waals surface area contributed by atoms with Gasteiger partial charge in [0, 0.05) is 6.04 Å². The Labute approximate surface area is 96.8 Å². The molecule has 0 saturated heterocycles. The van der Waals surface area contributed by atoms with Gasteiger partial charge in [-0.25, -0.2) is 0 Å². The summed E-state index contributed by atoms with van der Waals surface area (Å²) in [6.07, 6.45) is 2.28. The molecule has 0 amide bonds. The van der Waals surface area contributed by atoms with Crippen molar-refractivity contribution in [2.24, 2.45) is 0 Å². The number of aromatic nitrogens is 2. The molecular formula is C11H20ClN3. The molecule has 0 aliphatic carbocycles. The van der Waals surface area contributed by atoms with Crippen molar-refractivity contribution in [2.75, 3.05) is 13.6 Å². The first-order valence-electron chi connectivity index (χ1n) is 5.43. The minimum absolute atomic E-state index is 0.421. The number of rotatable bonds is 5. The van der Waals surface area contributed by atoms with E-state index in [1.165, 1.54) is 0 Å². The van der Waals surface area contributed by atoms with Gasteiger partial charge in [0.05, 0.1) is 16.4 Å². The fourth-order valence-corrected chi connectivity index (χ4v) is 1.89. The summed E-state index contributed by atoms with van der Waals surface area (Å²) in [6, 6.07) is 0.421. The molecule has 0 aliphatic rings. The number of nitrogens with one attached hydrogen (secondary N) is 1. The fraction of sp³-hybridized carbons (Fsp3) is 0.727. The second-order valence-corrected chi connectivity index (χ2v) is 4.40. The molecule has 0 bridgehead atoms. The van der Waals surface area contributed by atoms with Gasteiger partial charge >= 0.3 is 0 Å². The predicted octanol–water partition coefficient (Wildman–Crippen LogP) is 2.71. The van der Waals surface area contributed by atoms with Crippen LogP contribution in [-0.4, -0.2) is 23.4 Å². The van der Waals surface area contributed by atoms with E-state index in [0.717, 1.165) is 35.8 Å². The Kier molecular flexibility index (Phi) is 4.61.